The minimum atomic E-state index is 0.420. The number of aromatic nitrogens is 2. The van der Waals surface area contributed by atoms with Crippen molar-refractivity contribution in [3.8, 4) is 56.9 Å². The average Bonchev–Trinajstić information content (AvgIpc) is 4.15. The molecule has 0 radical (unpaired) electrons. The number of furan rings is 2. The Bertz CT molecular complexity index is 4500. The van der Waals surface area contributed by atoms with E-state index in [1.165, 1.54) is 0 Å². The van der Waals surface area contributed by atoms with Gasteiger partial charge in [-0.15, -0.1) is 0 Å². The quantitative estimate of drug-likeness (QED) is 0.172. The number of benzene rings is 10. The number of hydrogen-bond donors (Lipinski definition) is 0. The van der Waals surface area contributed by atoms with Crippen LogP contribution in [0.15, 0.2) is 215 Å². The van der Waals surface area contributed by atoms with Gasteiger partial charge < -0.3 is 18.0 Å². The van der Waals surface area contributed by atoms with E-state index in [9.17, 15) is 10.5 Å². The molecule has 68 heavy (non-hydrogen) atoms. The summed E-state index contributed by atoms with van der Waals surface area (Å²) in [5, 5.41) is 32.1. The number of para-hydroxylation sites is 3. The molecule has 6 heteroatoms. The molecule has 10 aromatic carbocycles. The molecule has 0 aliphatic heterocycles. The van der Waals surface area contributed by atoms with Crippen LogP contribution in [-0.2, 0) is 0 Å². The molecule has 0 saturated heterocycles. The number of nitrogens with zero attached hydrogens (tertiary/aromatic N) is 4. The molecule has 14 rings (SSSR count). The highest BCUT2D eigenvalue weighted by atomic mass is 16.3. The van der Waals surface area contributed by atoms with Crippen LogP contribution < -0.4 is 0 Å². The van der Waals surface area contributed by atoms with E-state index >= 15 is 0 Å². The number of hydrogen-bond acceptors (Lipinski definition) is 4. The minimum Gasteiger partial charge on any atom is -0.456 e. The first-order valence-corrected chi connectivity index (χ1v) is 22.6. The molecule has 0 bridgehead atoms. The summed E-state index contributed by atoms with van der Waals surface area (Å²) >= 11 is 0. The number of nitriles is 2. The molecule has 0 spiro atoms. The molecule has 314 valence electrons. The first kappa shape index (κ1) is 37.7. The van der Waals surface area contributed by atoms with Gasteiger partial charge in [0.15, 0.2) is 5.58 Å². The van der Waals surface area contributed by atoms with Crippen LogP contribution in [0.2, 0.25) is 0 Å². The summed E-state index contributed by atoms with van der Waals surface area (Å²) in [4.78, 5) is 0. The topological polar surface area (TPSA) is 83.7 Å². The van der Waals surface area contributed by atoms with Crippen molar-refractivity contribution < 1.29 is 8.83 Å². The standard InChI is InChI=1S/C62H34N4O2/c63-35-48-57(39-21-8-3-9-22-39)60(66-51-28-14-10-23-41(51)44-31-32-45-43-25-12-15-29-53(43)68-62(45)61(44)66)49(36-64)56(38-19-6-2-7-20-38)59(48)65-50-27-13-11-24-42(50)46-33-47-55(34-52(46)65)67-54-30-16-26-40(58(47)54)37-17-4-1-5-18-37/h1-34H. The van der Waals surface area contributed by atoms with E-state index in [4.69, 9.17) is 8.83 Å². The van der Waals surface area contributed by atoms with E-state index in [1.807, 2.05) is 115 Å². The van der Waals surface area contributed by atoms with Crippen LogP contribution in [0, 0.1) is 22.7 Å². The van der Waals surface area contributed by atoms with Crippen molar-refractivity contribution >= 4 is 87.5 Å². The zero-order chi connectivity index (χ0) is 45.0. The molecule has 0 fully saturated rings. The molecule has 6 nitrogen and oxygen atoms in total. The number of fused-ring (bicyclic) bond motifs is 13. The summed E-state index contributed by atoms with van der Waals surface area (Å²) in [6.07, 6.45) is 0. The van der Waals surface area contributed by atoms with Gasteiger partial charge in [-0.2, -0.15) is 10.5 Å². The Morgan fingerprint density at radius 3 is 1.54 bits per heavy atom. The first-order chi connectivity index (χ1) is 33.7. The molecule has 0 amide bonds. The fraction of sp³-hybridized carbons (Fsp3) is 0. The zero-order valence-corrected chi connectivity index (χ0v) is 36.2. The fourth-order valence-electron chi connectivity index (χ4n) is 11.0. The maximum Gasteiger partial charge on any atom is 0.160 e. The number of rotatable bonds is 5. The third kappa shape index (κ3) is 5.20. The van der Waals surface area contributed by atoms with Gasteiger partial charge in [-0.25, -0.2) is 0 Å². The van der Waals surface area contributed by atoms with Gasteiger partial charge in [-0.1, -0.05) is 164 Å². The normalized spacial score (nSPS) is 11.8. The highest BCUT2D eigenvalue weighted by Crippen LogP contribution is 2.50. The van der Waals surface area contributed by atoms with Crippen molar-refractivity contribution in [2.45, 2.75) is 0 Å². The first-order valence-electron chi connectivity index (χ1n) is 22.6. The Labute approximate surface area is 388 Å². The second-order valence-electron chi connectivity index (χ2n) is 17.3. The SMILES string of the molecule is N#Cc1c(-c2ccccc2)c(-n2c3ccccc3c3ccc4c5ccccc5oc4c32)c(C#N)c(-c2ccccc2)c1-n1c2ccccc2c2cc3c(cc21)oc1cccc(-c2ccccc2)c13. The van der Waals surface area contributed by atoms with E-state index in [1.54, 1.807) is 0 Å². The van der Waals surface area contributed by atoms with Gasteiger partial charge in [-0.3, -0.25) is 0 Å². The summed E-state index contributed by atoms with van der Waals surface area (Å²) in [7, 11) is 0. The lowest BCUT2D eigenvalue weighted by Crippen LogP contribution is -2.11. The highest BCUT2D eigenvalue weighted by Gasteiger charge is 2.32. The molecule has 0 unspecified atom stereocenters. The van der Waals surface area contributed by atoms with Crippen LogP contribution in [0.3, 0.4) is 0 Å². The maximum atomic E-state index is 12.1. The molecular weight excluding hydrogens is 833 g/mol. The van der Waals surface area contributed by atoms with Crippen molar-refractivity contribution in [1.29, 1.82) is 10.5 Å². The second-order valence-corrected chi connectivity index (χ2v) is 17.3. The lowest BCUT2D eigenvalue weighted by atomic mass is 9.86. The van der Waals surface area contributed by atoms with Crippen molar-refractivity contribution in [2.24, 2.45) is 0 Å². The lowest BCUT2D eigenvalue weighted by molar-refractivity contribution is 0.669. The van der Waals surface area contributed by atoms with Gasteiger partial charge in [0.2, 0.25) is 0 Å². The van der Waals surface area contributed by atoms with Gasteiger partial charge >= 0.3 is 0 Å². The van der Waals surface area contributed by atoms with E-state index < -0.39 is 0 Å². The van der Waals surface area contributed by atoms with E-state index in [0.29, 0.717) is 39.2 Å². The predicted molar refractivity (Wildman–Crippen MR) is 275 cm³/mol. The van der Waals surface area contributed by atoms with Gasteiger partial charge in [-0.05, 0) is 58.7 Å². The minimum absolute atomic E-state index is 0.420. The predicted octanol–water partition coefficient (Wildman–Crippen LogP) is 16.4. The molecule has 0 N–H and O–H groups in total. The van der Waals surface area contributed by atoms with Gasteiger partial charge in [0.25, 0.3) is 0 Å². The third-order valence-electron chi connectivity index (χ3n) is 13.8. The van der Waals surface area contributed by atoms with Gasteiger partial charge in [0.1, 0.15) is 28.9 Å². The van der Waals surface area contributed by atoms with Gasteiger partial charge in [0.05, 0.1) is 44.6 Å². The summed E-state index contributed by atoms with van der Waals surface area (Å²) in [6, 6.07) is 75.6. The second kappa shape index (κ2) is 14.4. The van der Waals surface area contributed by atoms with Crippen molar-refractivity contribution in [3.63, 3.8) is 0 Å². The molecule has 4 aromatic heterocycles. The maximum absolute atomic E-state index is 12.1. The molecular formula is C62H34N4O2. The summed E-state index contributed by atoms with van der Waals surface area (Å²) in [6.45, 7) is 0. The molecule has 0 atom stereocenters. The summed E-state index contributed by atoms with van der Waals surface area (Å²) < 4.78 is 18.0. The Balaban J connectivity index is 1.20. The molecule has 4 heterocycles. The van der Waals surface area contributed by atoms with Crippen LogP contribution in [0.5, 0.6) is 0 Å². The van der Waals surface area contributed by atoms with Crippen molar-refractivity contribution in [1.82, 2.24) is 9.13 Å². The van der Waals surface area contributed by atoms with Crippen LogP contribution >= 0.6 is 0 Å². The Morgan fingerprint density at radius 2 is 0.882 bits per heavy atom. The van der Waals surface area contributed by atoms with Crippen LogP contribution in [0.1, 0.15) is 11.1 Å². The fourth-order valence-corrected chi connectivity index (χ4v) is 11.0. The monoisotopic (exact) mass is 866 g/mol. The molecule has 0 aliphatic carbocycles. The van der Waals surface area contributed by atoms with Crippen LogP contribution in [0.4, 0.5) is 0 Å². The van der Waals surface area contributed by atoms with E-state index in [2.05, 4.69) is 112 Å². The molecule has 14 aromatic rings. The van der Waals surface area contributed by atoms with Crippen LogP contribution in [-0.4, -0.2) is 9.13 Å². The average molecular weight is 867 g/mol. The van der Waals surface area contributed by atoms with E-state index in [-0.39, 0.29) is 0 Å². The Morgan fingerprint density at radius 1 is 0.353 bits per heavy atom. The van der Waals surface area contributed by atoms with Gasteiger partial charge in [0, 0.05) is 60.3 Å². The largest absolute Gasteiger partial charge is 0.456 e. The third-order valence-corrected chi connectivity index (χ3v) is 13.8. The van der Waals surface area contributed by atoms with Crippen LogP contribution in [0.25, 0.3) is 132 Å². The summed E-state index contributed by atoms with van der Waals surface area (Å²) in [5.41, 5.74) is 13.6. The van der Waals surface area contributed by atoms with E-state index in [0.717, 1.165) is 104 Å². The smallest absolute Gasteiger partial charge is 0.160 e. The molecule has 0 aliphatic rings. The Kier molecular flexibility index (Phi) is 8.01. The summed E-state index contributed by atoms with van der Waals surface area (Å²) in [5.74, 6) is 0. The van der Waals surface area contributed by atoms with Crippen molar-refractivity contribution in [2.75, 3.05) is 0 Å². The molecule has 0 saturated carbocycles. The highest BCUT2D eigenvalue weighted by molar-refractivity contribution is 6.23. The van der Waals surface area contributed by atoms with Crippen molar-refractivity contribution in [3.05, 3.63) is 217 Å². The zero-order valence-electron chi connectivity index (χ0n) is 36.2. The lowest BCUT2D eigenvalue weighted by Gasteiger charge is -2.25. The Hall–Kier alpha value is -9.62.